The average Bonchev–Trinajstić information content (AvgIpc) is 3.30. The average molecular weight is 575 g/mol. The molecule has 3 heterocycles. The van der Waals surface area contributed by atoms with Crippen molar-refractivity contribution in [3.63, 3.8) is 0 Å². The second-order valence-electron chi connectivity index (χ2n) is 11.4. The van der Waals surface area contributed by atoms with Gasteiger partial charge in [-0.15, -0.1) is 0 Å². The number of amides is 1. The minimum absolute atomic E-state index is 0.0922. The second-order valence-corrected chi connectivity index (χ2v) is 12.2. The van der Waals surface area contributed by atoms with Gasteiger partial charge in [-0.25, -0.2) is 9.78 Å². The zero-order chi connectivity index (χ0) is 29.0. The molecule has 2 aromatic carbocycles. The normalized spacial score (nSPS) is 15.7. The summed E-state index contributed by atoms with van der Waals surface area (Å²) >= 11 is 1.45. The lowest BCUT2D eigenvalue weighted by Gasteiger charge is -2.34. The van der Waals surface area contributed by atoms with Crippen molar-refractivity contribution in [2.24, 2.45) is 0 Å². The molecule has 10 heteroatoms. The van der Waals surface area contributed by atoms with Gasteiger partial charge in [0.15, 0.2) is 16.3 Å². The first kappa shape index (κ1) is 28.7. The van der Waals surface area contributed by atoms with Crippen LogP contribution in [0, 0.1) is 0 Å². The molecule has 0 bridgehead atoms. The van der Waals surface area contributed by atoms with Crippen molar-refractivity contribution in [3.05, 3.63) is 82.1 Å². The first-order chi connectivity index (χ1) is 19.7. The lowest BCUT2D eigenvalue weighted by atomic mass is 10.1. The van der Waals surface area contributed by atoms with Gasteiger partial charge in [0, 0.05) is 25.7 Å². The fourth-order valence-corrected chi connectivity index (χ4v) is 5.80. The summed E-state index contributed by atoms with van der Waals surface area (Å²) in [6.45, 7) is 7.91. The van der Waals surface area contributed by atoms with Crippen LogP contribution in [0.2, 0.25) is 0 Å². The largest absolute Gasteiger partial charge is 0.444 e. The summed E-state index contributed by atoms with van der Waals surface area (Å²) in [5.41, 5.74) is 2.52. The maximum Gasteiger partial charge on any atom is 0.407 e. The molecular weight excluding hydrogens is 536 g/mol. The third-order valence-corrected chi connectivity index (χ3v) is 7.74. The number of nitrogens with one attached hydrogen (secondary N) is 1. The number of aromatic nitrogens is 4. The van der Waals surface area contributed by atoms with Crippen LogP contribution in [0.1, 0.15) is 44.7 Å². The highest BCUT2D eigenvalue weighted by Gasteiger charge is 2.29. The summed E-state index contributed by atoms with van der Waals surface area (Å²) in [6, 6.07) is 20.2. The molecule has 0 radical (unpaired) electrons. The van der Waals surface area contributed by atoms with E-state index in [1.54, 1.807) is 4.57 Å². The van der Waals surface area contributed by atoms with Gasteiger partial charge < -0.3 is 15.0 Å². The number of hydrogen-bond acceptors (Lipinski definition) is 7. The second kappa shape index (κ2) is 12.4. The molecule has 2 aromatic heterocycles. The number of ether oxygens (including phenoxy) is 1. The summed E-state index contributed by atoms with van der Waals surface area (Å²) in [6.07, 6.45) is 3.96. The van der Waals surface area contributed by atoms with E-state index in [-0.39, 0.29) is 11.6 Å². The van der Waals surface area contributed by atoms with Crippen molar-refractivity contribution in [1.82, 2.24) is 24.4 Å². The van der Waals surface area contributed by atoms with Crippen LogP contribution in [0.5, 0.6) is 0 Å². The highest BCUT2D eigenvalue weighted by molar-refractivity contribution is 7.98. The standard InChI is InChI=1S/C31H38N6O3S/c1-31(2,3)40-30(39)32-24-16-11-18-35(21-24)28-33-26-25(37(28)20-23-14-9-6-10-15-23)27(38)36(29(34-26)41-4)19-17-22-12-7-5-8-13-22/h5-10,12-15,24H,11,16-21H2,1-4H3,(H,32,39). The van der Waals surface area contributed by atoms with Gasteiger partial charge in [0.25, 0.3) is 5.56 Å². The lowest BCUT2D eigenvalue weighted by molar-refractivity contribution is 0.0499. The van der Waals surface area contributed by atoms with E-state index in [0.29, 0.717) is 41.9 Å². The molecule has 1 saturated heterocycles. The van der Waals surface area contributed by atoms with E-state index in [4.69, 9.17) is 14.7 Å². The molecule has 216 valence electrons. The van der Waals surface area contributed by atoms with Gasteiger partial charge in [0.1, 0.15) is 5.60 Å². The number of rotatable bonds is 8. The summed E-state index contributed by atoms with van der Waals surface area (Å²) in [4.78, 5) is 38.6. The minimum Gasteiger partial charge on any atom is -0.444 e. The fourth-order valence-electron chi connectivity index (χ4n) is 5.23. The van der Waals surface area contributed by atoms with Gasteiger partial charge in [-0.05, 0) is 57.4 Å². The van der Waals surface area contributed by atoms with Crippen LogP contribution in [0.3, 0.4) is 0 Å². The lowest BCUT2D eigenvalue weighted by Crippen LogP contribution is -2.49. The zero-order valence-corrected chi connectivity index (χ0v) is 25.0. The quantitative estimate of drug-likeness (QED) is 0.231. The number of anilines is 1. The van der Waals surface area contributed by atoms with Gasteiger partial charge in [0.2, 0.25) is 5.95 Å². The van der Waals surface area contributed by atoms with Gasteiger partial charge in [-0.1, -0.05) is 72.4 Å². The highest BCUT2D eigenvalue weighted by Crippen LogP contribution is 2.26. The van der Waals surface area contributed by atoms with Crippen LogP contribution >= 0.6 is 11.8 Å². The number of imidazole rings is 1. The van der Waals surface area contributed by atoms with Crippen molar-refractivity contribution < 1.29 is 9.53 Å². The van der Waals surface area contributed by atoms with E-state index in [1.165, 1.54) is 17.3 Å². The molecule has 0 saturated carbocycles. The molecule has 1 unspecified atom stereocenters. The number of carbonyl (C=O) groups is 1. The number of alkyl carbamates (subject to hydrolysis) is 1. The van der Waals surface area contributed by atoms with Gasteiger partial charge >= 0.3 is 6.09 Å². The highest BCUT2D eigenvalue weighted by atomic mass is 32.2. The summed E-state index contributed by atoms with van der Waals surface area (Å²) in [5, 5.41) is 3.67. The number of benzene rings is 2. The molecule has 4 aromatic rings. The Kier molecular flexibility index (Phi) is 8.68. The van der Waals surface area contributed by atoms with E-state index in [9.17, 15) is 9.59 Å². The Balaban J connectivity index is 1.52. The third-order valence-electron chi connectivity index (χ3n) is 7.07. The molecule has 0 spiro atoms. The van der Waals surface area contributed by atoms with E-state index >= 15 is 0 Å². The molecule has 1 amide bonds. The first-order valence-corrected chi connectivity index (χ1v) is 15.3. The zero-order valence-electron chi connectivity index (χ0n) is 24.2. The van der Waals surface area contributed by atoms with Crippen molar-refractivity contribution in [2.45, 2.75) is 69.9 Å². The molecule has 5 rings (SSSR count). The molecule has 0 aliphatic carbocycles. The number of aryl methyl sites for hydroxylation is 1. The van der Waals surface area contributed by atoms with Crippen molar-refractivity contribution in [1.29, 1.82) is 0 Å². The Morgan fingerprint density at radius 1 is 1.02 bits per heavy atom. The van der Waals surface area contributed by atoms with Crippen molar-refractivity contribution in [3.8, 4) is 0 Å². The van der Waals surface area contributed by atoms with Gasteiger partial charge in [-0.3, -0.25) is 13.9 Å². The van der Waals surface area contributed by atoms with Crippen molar-refractivity contribution in [2.75, 3.05) is 24.2 Å². The maximum atomic E-state index is 14.1. The Bertz CT molecular complexity index is 1550. The van der Waals surface area contributed by atoms with Crippen LogP contribution in [-0.4, -0.2) is 56.2 Å². The molecule has 1 fully saturated rings. The molecule has 41 heavy (non-hydrogen) atoms. The number of piperidine rings is 1. The molecule has 9 nitrogen and oxygen atoms in total. The molecule has 1 N–H and O–H groups in total. The predicted octanol–water partition coefficient (Wildman–Crippen LogP) is 5.10. The SMILES string of the molecule is CSc1nc2nc(N3CCCC(NC(=O)OC(C)(C)C)C3)n(Cc3ccccc3)c2c(=O)n1CCc1ccccc1. The molecule has 1 aliphatic rings. The monoisotopic (exact) mass is 574 g/mol. The van der Waals surface area contributed by atoms with Crippen molar-refractivity contribution >= 4 is 35.0 Å². The Morgan fingerprint density at radius 2 is 1.71 bits per heavy atom. The van der Waals surface area contributed by atoms with E-state index in [0.717, 1.165) is 31.4 Å². The fraction of sp³-hybridized carbons (Fsp3) is 0.419. The van der Waals surface area contributed by atoms with E-state index in [1.807, 2.05) is 68.0 Å². The topological polar surface area (TPSA) is 94.3 Å². The number of hydrogen-bond donors (Lipinski definition) is 1. The van der Waals surface area contributed by atoms with Crippen LogP contribution in [0.4, 0.5) is 10.7 Å². The number of carbonyl (C=O) groups excluding carboxylic acids is 1. The summed E-state index contributed by atoms with van der Waals surface area (Å²) in [5.74, 6) is 0.692. The smallest absolute Gasteiger partial charge is 0.407 e. The molecule has 1 aliphatic heterocycles. The van der Waals surface area contributed by atoms with E-state index in [2.05, 4.69) is 34.5 Å². The Hall–Kier alpha value is -3.79. The van der Waals surface area contributed by atoms with Gasteiger partial charge in [0.05, 0.1) is 6.54 Å². The molecule has 1 atom stereocenters. The number of fused-ring (bicyclic) bond motifs is 1. The van der Waals surface area contributed by atoms with Crippen LogP contribution < -0.4 is 15.8 Å². The van der Waals surface area contributed by atoms with Crippen LogP contribution in [-0.2, 0) is 24.2 Å². The number of thioether (sulfide) groups is 1. The Labute approximate surface area is 244 Å². The predicted molar refractivity (Wildman–Crippen MR) is 164 cm³/mol. The minimum atomic E-state index is -0.566. The summed E-state index contributed by atoms with van der Waals surface area (Å²) < 4.78 is 9.27. The summed E-state index contributed by atoms with van der Waals surface area (Å²) in [7, 11) is 0. The number of nitrogens with zero attached hydrogens (tertiary/aromatic N) is 5. The van der Waals surface area contributed by atoms with Crippen LogP contribution in [0.25, 0.3) is 11.2 Å². The maximum absolute atomic E-state index is 14.1. The molecular formula is C31H38N6O3S. The van der Waals surface area contributed by atoms with Gasteiger partial charge in [-0.2, -0.15) is 4.98 Å². The third kappa shape index (κ3) is 6.93. The Morgan fingerprint density at radius 3 is 2.37 bits per heavy atom. The first-order valence-electron chi connectivity index (χ1n) is 14.1. The van der Waals surface area contributed by atoms with E-state index < -0.39 is 11.7 Å². The van der Waals surface area contributed by atoms with Crippen LogP contribution in [0.15, 0.2) is 70.6 Å².